The van der Waals surface area contributed by atoms with Gasteiger partial charge in [0.1, 0.15) is 11.5 Å². The molecule has 150 valence electrons. The fraction of sp³-hybridized carbons (Fsp3) is 0.350. The van der Waals surface area contributed by atoms with Crippen LogP contribution in [0.5, 0.6) is 11.5 Å². The predicted molar refractivity (Wildman–Crippen MR) is 107 cm³/mol. The summed E-state index contributed by atoms with van der Waals surface area (Å²) in [5.41, 5.74) is 0.658. The molecule has 0 radical (unpaired) electrons. The maximum absolute atomic E-state index is 12.8. The highest BCUT2D eigenvalue weighted by Crippen LogP contribution is 2.27. The van der Waals surface area contributed by atoms with Gasteiger partial charge in [0.15, 0.2) is 0 Å². The van der Waals surface area contributed by atoms with E-state index in [4.69, 9.17) is 9.47 Å². The first kappa shape index (κ1) is 20.0. The van der Waals surface area contributed by atoms with Crippen LogP contribution < -0.4 is 14.2 Å². The minimum atomic E-state index is -3.86. The molecular formula is C20H24N2O5S. The second-order valence-electron chi connectivity index (χ2n) is 6.42. The predicted octanol–water partition coefficient (Wildman–Crippen LogP) is 3.13. The summed E-state index contributed by atoms with van der Waals surface area (Å²) in [4.78, 5) is 14.5. The Morgan fingerprint density at radius 1 is 1.11 bits per heavy atom. The van der Waals surface area contributed by atoms with Crippen molar-refractivity contribution in [3.8, 4) is 11.5 Å². The average Bonchev–Trinajstić information content (AvgIpc) is 3.23. The number of amides is 1. The highest BCUT2D eigenvalue weighted by molar-refractivity contribution is 7.92. The number of methoxy groups -OCH3 is 1. The molecule has 1 heterocycles. The number of rotatable bonds is 7. The van der Waals surface area contributed by atoms with Gasteiger partial charge in [-0.3, -0.25) is 9.52 Å². The van der Waals surface area contributed by atoms with Crippen molar-refractivity contribution >= 4 is 21.6 Å². The lowest BCUT2D eigenvalue weighted by atomic mass is 10.1. The van der Waals surface area contributed by atoms with Crippen LogP contribution >= 0.6 is 0 Å². The molecule has 2 aromatic rings. The number of hydrogen-bond acceptors (Lipinski definition) is 5. The number of likely N-dealkylation sites (tertiary alicyclic amines) is 1. The number of nitrogens with zero attached hydrogens (tertiary/aromatic N) is 1. The lowest BCUT2D eigenvalue weighted by molar-refractivity contribution is 0.0789. The van der Waals surface area contributed by atoms with E-state index < -0.39 is 10.0 Å². The quantitative estimate of drug-likeness (QED) is 0.766. The summed E-state index contributed by atoms with van der Waals surface area (Å²) in [6.45, 7) is 3.75. The van der Waals surface area contributed by atoms with E-state index in [2.05, 4.69) is 4.72 Å². The molecule has 7 nitrogen and oxygen atoms in total. The molecule has 1 aliphatic heterocycles. The van der Waals surface area contributed by atoms with Crippen molar-refractivity contribution in [1.82, 2.24) is 4.90 Å². The molecule has 0 aromatic heterocycles. The van der Waals surface area contributed by atoms with Crippen LogP contribution in [0.4, 0.5) is 5.69 Å². The van der Waals surface area contributed by atoms with Gasteiger partial charge in [-0.2, -0.15) is 0 Å². The summed E-state index contributed by atoms with van der Waals surface area (Å²) >= 11 is 0. The maximum atomic E-state index is 12.8. The smallest absolute Gasteiger partial charge is 0.261 e. The van der Waals surface area contributed by atoms with Gasteiger partial charge >= 0.3 is 0 Å². The molecule has 1 N–H and O–H groups in total. The standard InChI is InChI=1S/C20H24N2O5S/c1-3-27-16-8-6-15(7-9-16)21-28(24,25)17-10-11-19(26-2)18(14-17)20(23)22-12-4-5-13-22/h6-11,14,21H,3-5,12-13H2,1-2H3. The molecular weight excluding hydrogens is 380 g/mol. The van der Waals surface area contributed by atoms with Crippen LogP contribution in [0, 0.1) is 0 Å². The topological polar surface area (TPSA) is 84.9 Å². The molecule has 1 saturated heterocycles. The van der Waals surface area contributed by atoms with Gasteiger partial charge in [-0.05, 0) is 62.2 Å². The number of nitrogens with one attached hydrogen (secondary N) is 1. The van der Waals surface area contributed by atoms with Crippen LogP contribution in [0.15, 0.2) is 47.4 Å². The number of carbonyl (C=O) groups is 1. The summed E-state index contributed by atoms with van der Waals surface area (Å²) in [5.74, 6) is 0.803. The Kier molecular flexibility index (Phi) is 6.08. The van der Waals surface area contributed by atoms with Gasteiger partial charge in [0, 0.05) is 18.8 Å². The normalized spacial score (nSPS) is 14.0. The molecule has 8 heteroatoms. The maximum Gasteiger partial charge on any atom is 0.261 e. The molecule has 28 heavy (non-hydrogen) atoms. The van der Waals surface area contributed by atoms with Crippen molar-refractivity contribution in [3.05, 3.63) is 48.0 Å². The zero-order valence-electron chi connectivity index (χ0n) is 16.0. The van der Waals surface area contributed by atoms with E-state index in [1.807, 2.05) is 6.92 Å². The van der Waals surface area contributed by atoms with Crippen molar-refractivity contribution in [1.29, 1.82) is 0 Å². The molecule has 0 unspecified atom stereocenters. The van der Waals surface area contributed by atoms with Gasteiger partial charge < -0.3 is 14.4 Å². The molecule has 0 bridgehead atoms. The highest BCUT2D eigenvalue weighted by Gasteiger charge is 2.25. The number of sulfonamides is 1. The van der Waals surface area contributed by atoms with Gasteiger partial charge in [0.2, 0.25) is 0 Å². The van der Waals surface area contributed by atoms with E-state index in [-0.39, 0.29) is 16.4 Å². The van der Waals surface area contributed by atoms with E-state index in [0.717, 1.165) is 12.8 Å². The SMILES string of the molecule is CCOc1ccc(NS(=O)(=O)c2ccc(OC)c(C(=O)N3CCCC3)c2)cc1. The molecule has 0 aliphatic carbocycles. The molecule has 3 rings (SSSR count). The number of hydrogen-bond donors (Lipinski definition) is 1. The van der Waals surface area contributed by atoms with Crippen molar-refractivity contribution in [2.45, 2.75) is 24.7 Å². The third-order valence-electron chi connectivity index (χ3n) is 4.52. The van der Waals surface area contributed by atoms with Gasteiger partial charge in [-0.15, -0.1) is 0 Å². The first-order chi connectivity index (χ1) is 13.4. The molecule has 1 amide bonds. The van der Waals surface area contributed by atoms with Crippen molar-refractivity contribution < 1.29 is 22.7 Å². The van der Waals surface area contributed by atoms with Crippen molar-refractivity contribution in [2.24, 2.45) is 0 Å². The second-order valence-corrected chi connectivity index (χ2v) is 8.11. The van der Waals surface area contributed by atoms with Crippen LogP contribution in [0.1, 0.15) is 30.1 Å². The van der Waals surface area contributed by atoms with E-state index in [0.29, 0.717) is 36.9 Å². The van der Waals surface area contributed by atoms with E-state index in [9.17, 15) is 13.2 Å². The van der Waals surface area contributed by atoms with Crippen LogP contribution in [0.25, 0.3) is 0 Å². The fourth-order valence-electron chi connectivity index (χ4n) is 3.11. The van der Waals surface area contributed by atoms with Gasteiger partial charge in [0.05, 0.1) is 24.2 Å². The summed E-state index contributed by atoms with van der Waals surface area (Å²) < 4.78 is 38.8. The van der Waals surface area contributed by atoms with Crippen LogP contribution in [-0.4, -0.2) is 46.0 Å². The minimum Gasteiger partial charge on any atom is -0.496 e. The van der Waals surface area contributed by atoms with Crippen molar-refractivity contribution in [3.63, 3.8) is 0 Å². The van der Waals surface area contributed by atoms with Crippen LogP contribution in [0.2, 0.25) is 0 Å². The van der Waals surface area contributed by atoms with Gasteiger partial charge in [-0.25, -0.2) is 8.42 Å². The Morgan fingerprint density at radius 2 is 1.79 bits per heavy atom. The largest absolute Gasteiger partial charge is 0.496 e. The van der Waals surface area contributed by atoms with E-state index in [1.54, 1.807) is 29.2 Å². The Hall–Kier alpha value is -2.74. The molecule has 1 fully saturated rings. The first-order valence-electron chi connectivity index (χ1n) is 9.17. The Bertz CT molecular complexity index is 936. The number of ether oxygens (including phenoxy) is 2. The minimum absolute atomic E-state index is 0.00438. The summed E-state index contributed by atoms with van der Waals surface area (Å²) in [5, 5.41) is 0. The third kappa shape index (κ3) is 4.39. The van der Waals surface area contributed by atoms with Crippen LogP contribution in [-0.2, 0) is 10.0 Å². The summed E-state index contributed by atoms with van der Waals surface area (Å²) in [6, 6.07) is 10.9. The molecule has 1 aliphatic rings. The number of benzene rings is 2. The van der Waals surface area contributed by atoms with Crippen LogP contribution in [0.3, 0.4) is 0 Å². The van der Waals surface area contributed by atoms with E-state index in [1.165, 1.54) is 25.3 Å². The molecule has 0 spiro atoms. The molecule has 0 saturated carbocycles. The zero-order valence-corrected chi connectivity index (χ0v) is 16.8. The summed E-state index contributed by atoms with van der Waals surface area (Å²) in [6.07, 6.45) is 1.90. The van der Waals surface area contributed by atoms with E-state index >= 15 is 0 Å². The Balaban J connectivity index is 1.86. The number of carbonyl (C=O) groups excluding carboxylic acids is 1. The zero-order chi connectivity index (χ0) is 20.1. The molecule has 2 aromatic carbocycles. The Labute approximate surface area is 165 Å². The lowest BCUT2D eigenvalue weighted by Gasteiger charge is -2.18. The number of anilines is 1. The third-order valence-corrected chi connectivity index (χ3v) is 5.90. The van der Waals surface area contributed by atoms with Gasteiger partial charge in [0.25, 0.3) is 15.9 Å². The Morgan fingerprint density at radius 3 is 2.39 bits per heavy atom. The van der Waals surface area contributed by atoms with Crippen molar-refractivity contribution in [2.75, 3.05) is 31.5 Å². The van der Waals surface area contributed by atoms with Gasteiger partial charge in [-0.1, -0.05) is 0 Å². The second kappa shape index (κ2) is 8.52. The summed E-state index contributed by atoms with van der Waals surface area (Å²) in [7, 11) is -2.40. The lowest BCUT2D eigenvalue weighted by Crippen LogP contribution is -2.28. The monoisotopic (exact) mass is 404 g/mol. The first-order valence-corrected chi connectivity index (χ1v) is 10.7. The fourth-order valence-corrected chi connectivity index (χ4v) is 4.20. The molecule has 0 atom stereocenters. The average molecular weight is 404 g/mol. The highest BCUT2D eigenvalue weighted by atomic mass is 32.2.